The van der Waals surface area contributed by atoms with E-state index in [1.165, 1.54) is 0 Å². The van der Waals surface area contributed by atoms with Gasteiger partial charge in [0.05, 0.1) is 11.1 Å². The number of likely N-dealkylation sites (tertiary alicyclic amines) is 2. The van der Waals surface area contributed by atoms with E-state index in [9.17, 15) is 15.0 Å². The van der Waals surface area contributed by atoms with Crippen LogP contribution < -0.4 is 0 Å². The molecule has 4 rings (SSSR count). The predicted octanol–water partition coefficient (Wildman–Crippen LogP) is 1.62. The van der Waals surface area contributed by atoms with Crippen LogP contribution in [0.1, 0.15) is 23.2 Å². The van der Waals surface area contributed by atoms with Crippen molar-refractivity contribution in [3.8, 4) is 0 Å². The summed E-state index contributed by atoms with van der Waals surface area (Å²) < 4.78 is 0. The molecule has 0 bridgehead atoms. The summed E-state index contributed by atoms with van der Waals surface area (Å²) in [6, 6.07) is 9.71. The molecule has 6 heteroatoms. The Kier molecular flexibility index (Phi) is 5.90. The molecule has 3 heterocycles. The van der Waals surface area contributed by atoms with Crippen molar-refractivity contribution in [2.24, 2.45) is 17.8 Å². The van der Waals surface area contributed by atoms with Crippen molar-refractivity contribution >= 4 is 16.8 Å². The monoisotopic (exact) mass is 383 g/mol. The number of carbonyl (C=O) groups is 1. The number of nitrogens with zero attached hydrogens (tertiary/aromatic N) is 3. The average Bonchev–Trinajstić information content (AvgIpc) is 3.16. The summed E-state index contributed by atoms with van der Waals surface area (Å²) in [5.74, 6) is 0.825. The van der Waals surface area contributed by atoms with Gasteiger partial charge in [0.2, 0.25) is 0 Å². The van der Waals surface area contributed by atoms with Gasteiger partial charge in [-0.25, -0.2) is 0 Å². The van der Waals surface area contributed by atoms with Crippen molar-refractivity contribution in [1.82, 2.24) is 14.8 Å². The molecule has 0 unspecified atom stereocenters. The van der Waals surface area contributed by atoms with Gasteiger partial charge in [-0.1, -0.05) is 18.2 Å². The van der Waals surface area contributed by atoms with E-state index >= 15 is 0 Å². The zero-order valence-electron chi connectivity index (χ0n) is 16.2. The van der Waals surface area contributed by atoms with E-state index < -0.39 is 0 Å². The molecule has 6 nitrogen and oxygen atoms in total. The van der Waals surface area contributed by atoms with Crippen molar-refractivity contribution in [3.63, 3.8) is 0 Å². The summed E-state index contributed by atoms with van der Waals surface area (Å²) in [4.78, 5) is 21.7. The fourth-order valence-corrected chi connectivity index (χ4v) is 4.57. The highest BCUT2D eigenvalue weighted by Crippen LogP contribution is 2.28. The van der Waals surface area contributed by atoms with Gasteiger partial charge in [0.15, 0.2) is 0 Å². The molecule has 2 aliphatic rings. The Balaban J connectivity index is 1.41. The smallest absolute Gasteiger partial charge is 0.255 e. The van der Waals surface area contributed by atoms with E-state index in [2.05, 4.69) is 9.88 Å². The number of aromatic nitrogens is 1. The third-order valence-corrected chi connectivity index (χ3v) is 6.39. The van der Waals surface area contributed by atoms with E-state index in [0.717, 1.165) is 43.4 Å². The molecule has 150 valence electrons. The van der Waals surface area contributed by atoms with Crippen LogP contribution in [0.15, 0.2) is 36.5 Å². The number of benzene rings is 1. The molecule has 1 amide bonds. The van der Waals surface area contributed by atoms with Crippen LogP contribution in [0.4, 0.5) is 0 Å². The molecular formula is C22H29N3O3. The van der Waals surface area contributed by atoms with Crippen molar-refractivity contribution in [2.75, 3.05) is 45.9 Å². The molecule has 0 radical (unpaired) electrons. The zero-order valence-corrected chi connectivity index (χ0v) is 16.2. The Bertz CT molecular complexity index is 820. The van der Waals surface area contributed by atoms with Gasteiger partial charge >= 0.3 is 0 Å². The lowest BCUT2D eigenvalue weighted by Gasteiger charge is -2.33. The first kappa shape index (κ1) is 19.3. The predicted molar refractivity (Wildman–Crippen MR) is 108 cm³/mol. The first-order chi connectivity index (χ1) is 13.7. The normalized spacial score (nSPS) is 24.1. The largest absolute Gasteiger partial charge is 0.396 e. The second kappa shape index (κ2) is 8.55. The summed E-state index contributed by atoms with van der Waals surface area (Å²) in [5, 5.41) is 20.1. The first-order valence-corrected chi connectivity index (χ1v) is 10.3. The Morgan fingerprint density at radius 2 is 1.82 bits per heavy atom. The van der Waals surface area contributed by atoms with Crippen LogP contribution in [0.5, 0.6) is 0 Å². The number of carbonyl (C=O) groups excluding carboxylic acids is 1. The average molecular weight is 383 g/mol. The second-order valence-electron chi connectivity index (χ2n) is 8.26. The number of rotatable bonds is 5. The van der Waals surface area contributed by atoms with Crippen LogP contribution >= 0.6 is 0 Å². The van der Waals surface area contributed by atoms with Gasteiger partial charge in [0.25, 0.3) is 5.91 Å². The number of fused-ring (bicyclic) bond motifs is 1. The molecule has 2 saturated heterocycles. The Morgan fingerprint density at radius 1 is 1.07 bits per heavy atom. The standard InChI is InChI=1S/C22H29N3O3/c26-14-16-5-7-24(8-6-16)11-19-12-25(13-20(19)15-27)22(28)18-9-17-3-1-2-4-21(17)23-10-18/h1-4,9-10,16,19-20,26-27H,5-8,11-15H2/t19-,20-/m1/s1. The van der Waals surface area contributed by atoms with E-state index in [4.69, 9.17) is 0 Å². The van der Waals surface area contributed by atoms with Gasteiger partial charge in [-0.3, -0.25) is 9.78 Å². The third kappa shape index (κ3) is 4.04. The maximum atomic E-state index is 13.0. The second-order valence-corrected chi connectivity index (χ2v) is 8.26. The lowest BCUT2D eigenvalue weighted by atomic mass is 9.93. The van der Waals surface area contributed by atoms with Crippen molar-refractivity contribution in [2.45, 2.75) is 12.8 Å². The van der Waals surface area contributed by atoms with Gasteiger partial charge in [0.1, 0.15) is 0 Å². The highest BCUT2D eigenvalue weighted by Gasteiger charge is 2.36. The van der Waals surface area contributed by atoms with Crippen LogP contribution in [0, 0.1) is 17.8 Å². The number of piperidine rings is 1. The number of pyridine rings is 1. The van der Waals surface area contributed by atoms with E-state index in [1.807, 2.05) is 35.2 Å². The van der Waals surface area contributed by atoms with Gasteiger partial charge < -0.3 is 20.0 Å². The SMILES string of the molecule is O=C(c1cnc2ccccc2c1)N1C[C@@H](CN2CCC(CO)CC2)[C@@H](CO)C1. The minimum absolute atomic E-state index is 0.00167. The number of hydrogen-bond donors (Lipinski definition) is 2. The molecule has 28 heavy (non-hydrogen) atoms. The molecule has 2 fully saturated rings. The van der Waals surface area contributed by atoms with Crippen LogP contribution in [0.2, 0.25) is 0 Å². The summed E-state index contributed by atoms with van der Waals surface area (Å²) in [6.45, 7) is 4.54. The molecule has 2 aromatic rings. The topological polar surface area (TPSA) is 76.9 Å². The number of aliphatic hydroxyl groups excluding tert-OH is 2. The van der Waals surface area contributed by atoms with Crippen molar-refractivity contribution in [1.29, 1.82) is 0 Å². The van der Waals surface area contributed by atoms with Crippen molar-refractivity contribution in [3.05, 3.63) is 42.1 Å². The maximum Gasteiger partial charge on any atom is 0.255 e. The molecule has 1 aromatic heterocycles. The van der Waals surface area contributed by atoms with Crippen LogP contribution in [0.3, 0.4) is 0 Å². The van der Waals surface area contributed by atoms with Gasteiger partial charge in [-0.15, -0.1) is 0 Å². The highest BCUT2D eigenvalue weighted by molar-refractivity contribution is 5.97. The molecule has 2 aliphatic heterocycles. The number of hydrogen-bond acceptors (Lipinski definition) is 5. The summed E-state index contributed by atoms with van der Waals surface area (Å²) in [7, 11) is 0. The van der Waals surface area contributed by atoms with Crippen LogP contribution in [0.25, 0.3) is 10.9 Å². The Hall–Kier alpha value is -2.02. The summed E-state index contributed by atoms with van der Waals surface area (Å²) in [5.41, 5.74) is 1.50. The first-order valence-electron chi connectivity index (χ1n) is 10.3. The Morgan fingerprint density at radius 3 is 2.57 bits per heavy atom. The van der Waals surface area contributed by atoms with Crippen molar-refractivity contribution < 1.29 is 15.0 Å². The van der Waals surface area contributed by atoms with E-state index in [1.54, 1.807) is 6.20 Å². The fraction of sp³-hybridized carbons (Fsp3) is 0.545. The Labute approximate surface area is 165 Å². The fourth-order valence-electron chi connectivity index (χ4n) is 4.57. The van der Waals surface area contributed by atoms with Gasteiger partial charge in [-0.2, -0.15) is 0 Å². The summed E-state index contributed by atoms with van der Waals surface area (Å²) in [6.07, 6.45) is 3.71. The third-order valence-electron chi connectivity index (χ3n) is 6.39. The molecule has 0 aliphatic carbocycles. The summed E-state index contributed by atoms with van der Waals surface area (Å²) >= 11 is 0. The molecule has 1 aromatic carbocycles. The maximum absolute atomic E-state index is 13.0. The zero-order chi connectivity index (χ0) is 19.5. The van der Waals surface area contributed by atoms with Gasteiger partial charge in [0, 0.05) is 50.3 Å². The lowest BCUT2D eigenvalue weighted by Crippen LogP contribution is -2.40. The molecule has 0 spiro atoms. The minimum atomic E-state index is -0.00167. The highest BCUT2D eigenvalue weighted by atomic mass is 16.3. The molecule has 0 saturated carbocycles. The van der Waals surface area contributed by atoms with E-state index in [0.29, 0.717) is 24.6 Å². The number of para-hydroxylation sites is 1. The molecule has 2 N–H and O–H groups in total. The number of amides is 1. The molecule has 2 atom stereocenters. The van der Waals surface area contributed by atoms with Gasteiger partial charge in [-0.05, 0) is 49.9 Å². The number of aliphatic hydroxyl groups is 2. The van der Waals surface area contributed by atoms with Crippen LogP contribution in [-0.4, -0.2) is 76.8 Å². The molecular weight excluding hydrogens is 354 g/mol. The minimum Gasteiger partial charge on any atom is -0.396 e. The van der Waals surface area contributed by atoms with Crippen LogP contribution in [-0.2, 0) is 0 Å². The quantitative estimate of drug-likeness (QED) is 0.821. The van der Waals surface area contributed by atoms with E-state index in [-0.39, 0.29) is 31.0 Å². The lowest BCUT2D eigenvalue weighted by molar-refractivity contribution is 0.0776.